The molecule has 0 atom stereocenters. The zero-order chi connectivity index (χ0) is 21.6. The fraction of sp³-hybridized carbons (Fsp3) is 0.0833. The van der Waals surface area contributed by atoms with Crippen molar-refractivity contribution in [3.8, 4) is 17.4 Å². The smallest absolute Gasteiger partial charge is 0.338 e. The normalized spacial score (nSPS) is 10.4. The van der Waals surface area contributed by atoms with E-state index in [9.17, 15) is 9.59 Å². The summed E-state index contributed by atoms with van der Waals surface area (Å²) in [4.78, 5) is 26.4. The molecule has 0 saturated carbocycles. The predicted octanol–water partition coefficient (Wildman–Crippen LogP) is 4.21. The number of carbonyl (C=O) groups excluding carboxylic acids is 2. The number of carbonyl (C=O) groups is 2. The van der Waals surface area contributed by atoms with Crippen LogP contribution in [0.4, 0.5) is 5.69 Å². The first-order valence-electron chi connectivity index (χ1n) is 9.51. The Bertz CT molecular complexity index is 1260. The number of ether oxygens (including phenoxy) is 1. The van der Waals surface area contributed by atoms with Crippen molar-refractivity contribution in [2.75, 3.05) is 18.1 Å². The molecule has 1 heterocycles. The number of aromatic nitrogens is 1. The van der Waals surface area contributed by atoms with E-state index in [1.807, 2.05) is 42.5 Å². The van der Waals surface area contributed by atoms with Gasteiger partial charge in [0.25, 0.3) is 5.91 Å². The second-order valence-electron chi connectivity index (χ2n) is 6.66. The molecule has 0 N–H and O–H groups in total. The molecule has 152 valence electrons. The topological polar surface area (TPSA) is 96.4 Å². The molecule has 0 aliphatic carbocycles. The van der Waals surface area contributed by atoms with Gasteiger partial charge in [-0.3, -0.25) is 9.69 Å². The molecule has 1 amide bonds. The third-order valence-electron chi connectivity index (χ3n) is 4.67. The van der Waals surface area contributed by atoms with Crippen LogP contribution in [0.3, 0.4) is 0 Å². The molecule has 1 aromatic heterocycles. The number of anilines is 1. The number of rotatable bonds is 6. The van der Waals surface area contributed by atoms with Gasteiger partial charge in [-0.1, -0.05) is 53.7 Å². The molecule has 7 nitrogen and oxygen atoms in total. The van der Waals surface area contributed by atoms with E-state index in [1.54, 1.807) is 42.5 Å². The second kappa shape index (κ2) is 8.93. The van der Waals surface area contributed by atoms with Crippen LogP contribution in [0, 0.1) is 11.3 Å². The number of hydrogen-bond donors (Lipinski definition) is 0. The Hall–Kier alpha value is -4.44. The lowest BCUT2D eigenvalue weighted by atomic mass is 10.1. The van der Waals surface area contributed by atoms with Gasteiger partial charge in [-0.15, -0.1) is 0 Å². The first-order valence-corrected chi connectivity index (χ1v) is 9.51. The minimum absolute atomic E-state index is 0.145. The Morgan fingerprint density at radius 3 is 2.42 bits per heavy atom. The number of amides is 1. The van der Waals surface area contributed by atoms with Gasteiger partial charge >= 0.3 is 5.97 Å². The third-order valence-corrected chi connectivity index (χ3v) is 4.67. The Kier molecular flexibility index (Phi) is 5.72. The Morgan fingerprint density at radius 2 is 1.71 bits per heavy atom. The third kappa shape index (κ3) is 4.28. The summed E-state index contributed by atoms with van der Waals surface area (Å²) in [5, 5.41) is 13.7. The highest BCUT2D eigenvalue weighted by Gasteiger charge is 2.19. The molecule has 0 aliphatic heterocycles. The Labute approximate surface area is 178 Å². The molecule has 3 aromatic carbocycles. The van der Waals surface area contributed by atoms with Crippen molar-refractivity contribution in [1.29, 1.82) is 5.26 Å². The molecule has 7 heteroatoms. The van der Waals surface area contributed by atoms with E-state index in [0.29, 0.717) is 22.4 Å². The molecule has 0 bridgehead atoms. The molecule has 0 radical (unpaired) electrons. The highest BCUT2D eigenvalue weighted by Crippen LogP contribution is 2.29. The van der Waals surface area contributed by atoms with Crippen LogP contribution in [0.15, 0.2) is 83.4 Å². The van der Waals surface area contributed by atoms with Crippen molar-refractivity contribution in [2.45, 2.75) is 0 Å². The van der Waals surface area contributed by atoms with Crippen molar-refractivity contribution in [1.82, 2.24) is 5.16 Å². The van der Waals surface area contributed by atoms with Gasteiger partial charge in [-0.05, 0) is 30.3 Å². The fourth-order valence-electron chi connectivity index (χ4n) is 3.16. The lowest BCUT2D eigenvalue weighted by Crippen LogP contribution is -2.35. The molecule has 4 aromatic rings. The molecule has 0 unspecified atom stereocenters. The first-order chi connectivity index (χ1) is 15.2. The van der Waals surface area contributed by atoms with Gasteiger partial charge in [-0.2, -0.15) is 5.26 Å². The molecule has 0 spiro atoms. The van der Waals surface area contributed by atoms with Gasteiger partial charge in [0.15, 0.2) is 12.4 Å². The number of fused-ring (bicyclic) bond motifs is 1. The van der Waals surface area contributed by atoms with Gasteiger partial charge in [0.2, 0.25) is 0 Å². The summed E-state index contributed by atoms with van der Waals surface area (Å²) in [5.41, 5.74) is 2.27. The van der Waals surface area contributed by atoms with Gasteiger partial charge in [0.1, 0.15) is 12.1 Å². The van der Waals surface area contributed by atoms with Crippen LogP contribution in [-0.2, 0) is 9.53 Å². The van der Waals surface area contributed by atoms with E-state index in [-0.39, 0.29) is 12.1 Å². The number of nitriles is 1. The summed E-state index contributed by atoms with van der Waals surface area (Å²) >= 11 is 0. The fourth-order valence-corrected chi connectivity index (χ4v) is 3.16. The van der Waals surface area contributed by atoms with E-state index in [4.69, 9.17) is 14.5 Å². The van der Waals surface area contributed by atoms with E-state index in [0.717, 1.165) is 5.56 Å². The maximum absolute atomic E-state index is 12.6. The zero-order valence-electron chi connectivity index (χ0n) is 16.4. The molecule has 0 saturated heterocycles. The highest BCUT2D eigenvalue weighted by atomic mass is 16.5. The van der Waals surface area contributed by atoms with Crippen LogP contribution in [0.25, 0.3) is 22.2 Å². The molecule has 31 heavy (non-hydrogen) atoms. The molecular weight excluding hydrogens is 394 g/mol. The van der Waals surface area contributed by atoms with E-state index < -0.39 is 18.5 Å². The Morgan fingerprint density at radius 1 is 1.00 bits per heavy atom. The molecule has 4 rings (SSSR count). The lowest BCUT2D eigenvalue weighted by Gasteiger charge is -2.19. The minimum Gasteiger partial charge on any atom is -0.452 e. The van der Waals surface area contributed by atoms with Crippen LogP contribution < -0.4 is 4.90 Å². The maximum atomic E-state index is 12.6. The highest BCUT2D eigenvalue weighted by molar-refractivity contribution is 6.00. The summed E-state index contributed by atoms with van der Waals surface area (Å²) < 4.78 is 10.7. The number of para-hydroxylation sites is 1. The van der Waals surface area contributed by atoms with Crippen LogP contribution in [-0.4, -0.2) is 30.2 Å². The Balaban J connectivity index is 1.51. The van der Waals surface area contributed by atoms with Crippen LogP contribution in [0.5, 0.6) is 0 Å². The standard InChI is InChI=1S/C24H17N3O4/c25-13-14-27(19-9-5-2-6-10-19)22(28)16-30-24(29)18-11-12-21-20(15-18)23(31-26-21)17-7-3-1-4-8-17/h1-12,15H,14,16H2. The van der Waals surface area contributed by atoms with Crippen LogP contribution >= 0.6 is 0 Å². The summed E-state index contributed by atoms with van der Waals surface area (Å²) in [5.74, 6) is -0.594. The molecular formula is C24H17N3O4. The lowest BCUT2D eigenvalue weighted by molar-refractivity contribution is -0.121. The summed E-state index contributed by atoms with van der Waals surface area (Å²) in [7, 11) is 0. The summed E-state index contributed by atoms with van der Waals surface area (Å²) in [6.45, 7) is -0.629. The number of hydrogen-bond acceptors (Lipinski definition) is 6. The van der Waals surface area contributed by atoms with Crippen LogP contribution in [0.2, 0.25) is 0 Å². The van der Waals surface area contributed by atoms with Gasteiger partial charge in [0, 0.05) is 11.3 Å². The number of nitrogens with zero attached hydrogens (tertiary/aromatic N) is 3. The molecule has 0 fully saturated rings. The molecule has 0 aliphatic rings. The SMILES string of the molecule is N#CCN(C(=O)COC(=O)c1ccc2noc(-c3ccccc3)c2c1)c1ccccc1. The van der Waals surface area contributed by atoms with Gasteiger partial charge in [0.05, 0.1) is 17.0 Å². The van der Waals surface area contributed by atoms with Crippen LogP contribution in [0.1, 0.15) is 10.4 Å². The van der Waals surface area contributed by atoms with Gasteiger partial charge in [-0.25, -0.2) is 4.79 Å². The van der Waals surface area contributed by atoms with Gasteiger partial charge < -0.3 is 9.26 Å². The summed E-state index contributed by atoms with van der Waals surface area (Å²) in [6, 6.07) is 25.0. The average molecular weight is 411 g/mol. The van der Waals surface area contributed by atoms with Crippen molar-refractivity contribution < 1.29 is 18.8 Å². The monoisotopic (exact) mass is 411 g/mol. The summed E-state index contributed by atoms with van der Waals surface area (Å²) in [6.07, 6.45) is 0. The maximum Gasteiger partial charge on any atom is 0.338 e. The quantitative estimate of drug-likeness (QED) is 0.348. The number of benzene rings is 3. The second-order valence-corrected chi connectivity index (χ2v) is 6.66. The zero-order valence-corrected chi connectivity index (χ0v) is 16.4. The number of esters is 1. The largest absolute Gasteiger partial charge is 0.452 e. The van der Waals surface area contributed by atoms with Crippen molar-refractivity contribution >= 4 is 28.5 Å². The van der Waals surface area contributed by atoms with Crippen molar-refractivity contribution in [3.05, 3.63) is 84.4 Å². The van der Waals surface area contributed by atoms with Crippen molar-refractivity contribution in [2.24, 2.45) is 0 Å². The average Bonchev–Trinajstić information content (AvgIpc) is 3.25. The van der Waals surface area contributed by atoms with E-state index >= 15 is 0 Å². The predicted molar refractivity (Wildman–Crippen MR) is 114 cm³/mol. The van der Waals surface area contributed by atoms with E-state index in [2.05, 4.69) is 5.16 Å². The first kappa shape index (κ1) is 19.9. The minimum atomic E-state index is -0.652. The van der Waals surface area contributed by atoms with Crippen molar-refractivity contribution in [3.63, 3.8) is 0 Å². The van der Waals surface area contributed by atoms with E-state index in [1.165, 1.54) is 4.90 Å².